The highest BCUT2D eigenvalue weighted by Crippen LogP contribution is 2.28. The smallest absolute Gasteiger partial charge is 0.131 e. The van der Waals surface area contributed by atoms with Crippen molar-refractivity contribution in [1.29, 1.82) is 0 Å². The van der Waals surface area contributed by atoms with Gasteiger partial charge in [-0.1, -0.05) is 18.2 Å². The first kappa shape index (κ1) is 11.8. The monoisotopic (exact) mass is 233 g/mol. The fraction of sp³-hybridized carbons (Fsp3) is 0.308. The highest BCUT2D eigenvalue weighted by atomic mass is 19.1. The maximum absolute atomic E-state index is 13.8. The predicted molar refractivity (Wildman–Crippen MR) is 66.1 cm³/mol. The SMILES string of the molecule is CNCc1nn(C)c(C)c1-c1ccccc1F. The van der Waals surface area contributed by atoms with Gasteiger partial charge in [-0.15, -0.1) is 0 Å². The van der Waals surface area contributed by atoms with E-state index >= 15 is 0 Å². The lowest BCUT2D eigenvalue weighted by Crippen LogP contribution is -2.07. The summed E-state index contributed by atoms with van der Waals surface area (Å²) in [6.45, 7) is 2.58. The molecule has 0 unspecified atom stereocenters. The topological polar surface area (TPSA) is 29.9 Å². The number of nitrogens with zero attached hydrogens (tertiary/aromatic N) is 2. The van der Waals surface area contributed by atoms with Crippen molar-refractivity contribution in [2.45, 2.75) is 13.5 Å². The van der Waals surface area contributed by atoms with Crippen LogP contribution in [0.25, 0.3) is 11.1 Å². The third-order valence-electron chi connectivity index (χ3n) is 2.89. The molecular weight excluding hydrogens is 217 g/mol. The maximum atomic E-state index is 13.8. The van der Waals surface area contributed by atoms with Gasteiger partial charge in [-0.3, -0.25) is 4.68 Å². The van der Waals surface area contributed by atoms with E-state index in [9.17, 15) is 4.39 Å². The molecule has 0 amide bonds. The van der Waals surface area contributed by atoms with Crippen molar-refractivity contribution >= 4 is 0 Å². The second kappa shape index (κ2) is 4.67. The van der Waals surface area contributed by atoms with E-state index in [0.29, 0.717) is 12.1 Å². The van der Waals surface area contributed by atoms with Gasteiger partial charge in [0.15, 0.2) is 0 Å². The lowest BCUT2D eigenvalue weighted by atomic mass is 10.0. The Morgan fingerprint density at radius 2 is 2.06 bits per heavy atom. The van der Waals surface area contributed by atoms with Crippen LogP contribution in [0.2, 0.25) is 0 Å². The molecule has 1 N–H and O–H groups in total. The highest BCUT2D eigenvalue weighted by Gasteiger charge is 2.16. The van der Waals surface area contributed by atoms with Gasteiger partial charge in [0.1, 0.15) is 5.82 Å². The zero-order chi connectivity index (χ0) is 12.4. The van der Waals surface area contributed by atoms with E-state index in [0.717, 1.165) is 17.0 Å². The Morgan fingerprint density at radius 3 is 2.71 bits per heavy atom. The summed E-state index contributed by atoms with van der Waals surface area (Å²) in [6.07, 6.45) is 0. The van der Waals surface area contributed by atoms with Gasteiger partial charge < -0.3 is 5.32 Å². The molecule has 3 nitrogen and oxygen atoms in total. The van der Waals surface area contributed by atoms with Crippen LogP contribution in [0.3, 0.4) is 0 Å². The van der Waals surface area contributed by atoms with E-state index in [2.05, 4.69) is 10.4 Å². The van der Waals surface area contributed by atoms with Crippen molar-refractivity contribution in [1.82, 2.24) is 15.1 Å². The lowest BCUT2D eigenvalue weighted by molar-refractivity contribution is 0.631. The number of hydrogen-bond acceptors (Lipinski definition) is 2. The quantitative estimate of drug-likeness (QED) is 0.881. The Morgan fingerprint density at radius 1 is 1.35 bits per heavy atom. The van der Waals surface area contributed by atoms with Gasteiger partial charge in [-0.05, 0) is 20.0 Å². The summed E-state index contributed by atoms with van der Waals surface area (Å²) in [7, 11) is 3.73. The molecule has 17 heavy (non-hydrogen) atoms. The summed E-state index contributed by atoms with van der Waals surface area (Å²) in [5.41, 5.74) is 3.35. The first-order valence-corrected chi connectivity index (χ1v) is 5.57. The van der Waals surface area contributed by atoms with E-state index < -0.39 is 0 Å². The second-order valence-electron chi connectivity index (χ2n) is 4.04. The molecular formula is C13H16FN3. The van der Waals surface area contributed by atoms with Crippen molar-refractivity contribution in [3.63, 3.8) is 0 Å². The third-order valence-corrected chi connectivity index (χ3v) is 2.89. The maximum Gasteiger partial charge on any atom is 0.131 e. The second-order valence-corrected chi connectivity index (χ2v) is 4.04. The summed E-state index contributed by atoms with van der Waals surface area (Å²) < 4.78 is 15.6. The summed E-state index contributed by atoms with van der Waals surface area (Å²) >= 11 is 0. The summed E-state index contributed by atoms with van der Waals surface area (Å²) in [6, 6.07) is 6.81. The molecule has 0 aliphatic heterocycles. The minimum Gasteiger partial charge on any atom is -0.314 e. The van der Waals surface area contributed by atoms with Crippen LogP contribution in [0.15, 0.2) is 24.3 Å². The van der Waals surface area contributed by atoms with Gasteiger partial charge in [0.25, 0.3) is 0 Å². The van der Waals surface area contributed by atoms with E-state index in [4.69, 9.17) is 0 Å². The van der Waals surface area contributed by atoms with Gasteiger partial charge in [0.2, 0.25) is 0 Å². The van der Waals surface area contributed by atoms with Crippen LogP contribution < -0.4 is 5.32 Å². The lowest BCUT2D eigenvalue weighted by Gasteiger charge is -2.05. The normalized spacial score (nSPS) is 10.8. The molecule has 0 aliphatic rings. The molecule has 2 aromatic rings. The minimum atomic E-state index is -0.207. The molecule has 0 fully saturated rings. The van der Waals surface area contributed by atoms with E-state index in [-0.39, 0.29) is 5.82 Å². The number of benzene rings is 1. The van der Waals surface area contributed by atoms with Gasteiger partial charge in [-0.25, -0.2) is 4.39 Å². The van der Waals surface area contributed by atoms with Gasteiger partial charge in [-0.2, -0.15) is 5.10 Å². The first-order valence-electron chi connectivity index (χ1n) is 5.57. The molecule has 90 valence electrons. The van der Waals surface area contributed by atoms with Crippen LogP contribution in [0, 0.1) is 12.7 Å². The van der Waals surface area contributed by atoms with Crippen LogP contribution in [0.1, 0.15) is 11.4 Å². The first-order chi connectivity index (χ1) is 8.15. The molecule has 0 aliphatic carbocycles. The van der Waals surface area contributed by atoms with E-state index in [1.807, 2.05) is 27.1 Å². The zero-order valence-corrected chi connectivity index (χ0v) is 10.3. The fourth-order valence-corrected chi connectivity index (χ4v) is 1.98. The van der Waals surface area contributed by atoms with Crippen LogP contribution >= 0.6 is 0 Å². The van der Waals surface area contributed by atoms with Crippen LogP contribution in [-0.2, 0) is 13.6 Å². The molecule has 0 radical (unpaired) electrons. The summed E-state index contributed by atoms with van der Waals surface area (Å²) in [5, 5.41) is 7.46. The van der Waals surface area contributed by atoms with Gasteiger partial charge in [0.05, 0.1) is 5.69 Å². The predicted octanol–water partition coefficient (Wildman–Crippen LogP) is 2.25. The highest BCUT2D eigenvalue weighted by molar-refractivity contribution is 5.69. The molecule has 1 aromatic carbocycles. The van der Waals surface area contributed by atoms with Gasteiger partial charge >= 0.3 is 0 Å². The van der Waals surface area contributed by atoms with Gasteiger partial charge in [0, 0.05) is 30.4 Å². The number of hydrogen-bond donors (Lipinski definition) is 1. The Bertz CT molecular complexity index is 531. The molecule has 4 heteroatoms. The Balaban J connectivity index is 2.61. The van der Waals surface area contributed by atoms with Crippen molar-refractivity contribution in [2.75, 3.05) is 7.05 Å². The van der Waals surface area contributed by atoms with E-state index in [1.165, 1.54) is 6.07 Å². The third kappa shape index (κ3) is 2.08. The standard InChI is InChI=1S/C13H16FN3/c1-9-13(10-6-4-5-7-11(10)14)12(8-15-2)16-17(9)3/h4-7,15H,8H2,1-3H3. The van der Waals surface area contributed by atoms with Crippen molar-refractivity contribution in [2.24, 2.45) is 7.05 Å². The number of halogens is 1. The molecule has 1 heterocycles. The number of aromatic nitrogens is 2. The van der Waals surface area contributed by atoms with Crippen LogP contribution in [0.4, 0.5) is 4.39 Å². The Hall–Kier alpha value is -1.68. The number of nitrogens with one attached hydrogen (secondary N) is 1. The molecule has 0 atom stereocenters. The fourth-order valence-electron chi connectivity index (χ4n) is 1.98. The molecule has 0 saturated carbocycles. The van der Waals surface area contributed by atoms with E-state index in [1.54, 1.807) is 16.8 Å². The largest absolute Gasteiger partial charge is 0.314 e. The molecule has 2 rings (SSSR count). The van der Waals surface area contributed by atoms with Crippen LogP contribution in [-0.4, -0.2) is 16.8 Å². The molecule has 0 saturated heterocycles. The van der Waals surface area contributed by atoms with Crippen molar-refractivity contribution < 1.29 is 4.39 Å². The average molecular weight is 233 g/mol. The molecule has 0 bridgehead atoms. The minimum absolute atomic E-state index is 0.207. The van der Waals surface area contributed by atoms with Crippen molar-refractivity contribution in [3.8, 4) is 11.1 Å². The van der Waals surface area contributed by atoms with Crippen LogP contribution in [0.5, 0.6) is 0 Å². The number of aryl methyl sites for hydroxylation is 1. The summed E-state index contributed by atoms with van der Waals surface area (Å²) in [5.74, 6) is -0.207. The Kier molecular flexibility index (Phi) is 3.24. The molecule has 0 spiro atoms. The average Bonchev–Trinajstić information content (AvgIpc) is 2.57. The number of rotatable bonds is 3. The zero-order valence-electron chi connectivity index (χ0n) is 10.3. The summed E-state index contributed by atoms with van der Waals surface area (Å²) in [4.78, 5) is 0. The van der Waals surface area contributed by atoms with Crippen molar-refractivity contribution in [3.05, 3.63) is 41.5 Å². The Labute approximate surface area is 100 Å². The molecule has 1 aromatic heterocycles.